The van der Waals surface area contributed by atoms with Gasteiger partial charge in [-0.2, -0.15) is 0 Å². The number of aliphatic hydroxyl groups is 1. The summed E-state index contributed by atoms with van der Waals surface area (Å²) in [6.07, 6.45) is 1.62. The van der Waals surface area contributed by atoms with Crippen molar-refractivity contribution in [2.75, 3.05) is 0 Å². The van der Waals surface area contributed by atoms with Crippen LogP contribution in [0.15, 0.2) is 0 Å². The highest BCUT2D eigenvalue weighted by molar-refractivity contribution is 7.82. The second-order valence-corrected chi connectivity index (χ2v) is 2.52. The van der Waals surface area contributed by atoms with Crippen molar-refractivity contribution in [3.8, 4) is 0 Å². The molecule has 0 bridgehead atoms. The highest BCUT2D eigenvalue weighted by Crippen LogP contribution is 2.12. The molecule has 0 aliphatic heterocycles. The molecule has 0 aliphatic rings. The van der Waals surface area contributed by atoms with Gasteiger partial charge in [0.05, 0.1) is 0 Å². The molecule has 0 spiro atoms. The standard InChI is InChI=1S/C5H10O2S/c1-2-3-5(7,8)4-6/h4,7-8H,2-3H2,1H3. The van der Waals surface area contributed by atoms with Crippen LogP contribution < -0.4 is 0 Å². The number of aldehydes is 1. The Kier molecular flexibility index (Phi) is 3.09. The molecule has 3 heteroatoms. The van der Waals surface area contributed by atoms with Gasteiger partial charge < -0.3 is 5.11 Å². The molecule has 1 atom stereocenters. The minimum absolute atomic E-state index is 0.416. The molecule has 0 aromatic rings. The lowest BCUT2D eigenvalue weighted by atomic mass is 10.2. The number of thiol groups is 1. The maximum absolute atomic E-state index is 9.89. The summed E-state index contributed by atoms with van der Waals surface area (Å²) in [5.41, 5.74) is 0. The van der Waals surface area contributed by atoms with Crippen LogP contribution in [-0.2, 0) is 4.79 Å². The molecule has 0 rings (SSSR count). The zero-order valence-electron chi connectivity index (χ0n) is 4.79. The van der Waals surface area contributed by atoms with E-state index < -0.39 is 4.93 Å². The van der Waals surface area contributed by atoms with Gasteiger partial charge >= 0.3 is 0 Å². The average Bonchev–Trinajstić information content (AvgIpc) is 1.67. The van der Waals surface area contributed by atoms with Gasteiger partial charge in [0.1, 0.15) is 0 Å². The van der Waals surface area contributed by atoms with Gasteiger partial charge in [-0.1, -0.05) is 13.3 Å². The summed E-state index contributed by atoms with van der Waals surface area (Å²) >= 11 is 3.65. The van der Waals surface area contributed by atoms with Gasteiger partial charge in [0.15, 0.2) is 11.2 Å². The van der Waals surface area contributed by atoms with E-state index in [4.69, 9.17) is 5.11 Å². The molecule has 0 saturated carbocycles. The largest absolute Gasteiger partial charge is 0.373 e. The maximum atomic E-state index is 9.89. The monoisotopic (exact) mass is 134 g/mol. The molecule has 0 aromatic carbocycles. The van der Waals surface area contributed by atoms with E-state index >= 15 is 0 Å². The van der Waals surface area contributed by atoms with Crippen molar-refractivity contribution in [2.45, 2.75) is 24.7 Å². The lowest BCUT2D eigenvalue weighted by Gasteiger charge is -2.11. The Morgan fingerprint density at radius 1 is 1.88 bits per heavy atom. The van der Waals surface area contributed by atoms with Crippen LogP contribution in [0.2, 0.25) is 0 Å². The smallest absolute Gasteiger partial charge is 0.163 e. The van der Waals surface area contributed by atoms with Crippen LogP contribution in [0.25, 0.3) is 0 Å². The molecular weight excluding hydrogens is 124 g/mol. The van der Waals surface area contributed by atoms with Gasteiger partial charge in [0, 0.05) is 0 Å². The van der Waals surface area contributed by atoms with E-state index in [9.17, 15) is 4.79 Å². The molecular formula is C5H10O2S. The summed E-state index contributed by atoms with van der Waals surface area (Å²) in [4.78, 5) is 8.50. The van der Waals surface area contributed by atoms with Crippen molar-refractivity contribution >= 4 is 18.9 Å². The van der Waals surface area contributed by atoms with Crippen molar-refractivity contribution in [2.24, 2.45) is 0 Å². The molecule has 0 radical (unpaired) electrons. The van der Waals surface area contributed by atoms with Gasteiger partial charge in [-0.25, -0.2) is 0 Å². The number of hydrogen-bond donors (Lipinski definition) is 2. The van der Waals surface area contributed by atoms with E-state index in [1.54, 1.807) is 0 Å². The Morgan fingerprint density at radius 2 is 2.38 bits per heavy atom. The lowest BCUT2D eigenvalue weighted by molar-refractivity contribution is -0.117. The van der Waals surface area contributed by atoms with Crippen LogP contribution in [-0.4, -0.2) is 16.3 Å². The van der Waals surface area contributed by atoms with Crippen LogP contribution in [0.5, 0.6) is 0 Å². The Hall–Kier alpha value is -0.0200. The summed E-state index contributed by atoms with van der Waals surface area (Å²) in [5.74, 6) is 0. The van der Waals surface area contributed by atoms with E-state index in [1.807, 2.05) is 6.92 Å². The first kappa shape index (κ1) is 7.98. The topological polar surface area (TPSA) is 37.3 Å². The second kappa shape index (κ2) is 3.10. The fraction of sp³-hybridized carbons (Fsp3) is 0.800. The first-order valence-electron chi connectivity index (χ1n) is 2.53. The van der Waals surface area contributed by atoms with Gasteiger partial charge in [0.25, 0.3) is 0 Å². The number of carbonyl (C=O) groups excluding carboxylic acids is 1. The van der Waals surface area contributed by atoms with Crippen LogP contribution in [0, 0.1) is 0 Å². The molecule has 0 amide bonds. The lowest BCUT2D eigenvalue weighted by Crippen LogP contribution is -2.21. The Bertz CT molecular complexity index is 80.5. The molecule has 0 fully saturated rings. The van der Waals surface area contributed by atoms with Gasteiger partial charge in [-0.15, -0.1) is 12.6 Å². The van der Waals surface area contributed by atoms with E-state index in [0.717, 1.165) is 6.42 Å². The third-order valence-corrected chi connectivity index (χ3v) is 1.14. The maximum Gasteiger partial charge on any atom is 0.163 e. The third-order valence-electron chi connectivity index (χ3n) is 0.807. The van der Waals surface area contributed by atoms with Crippen molar-refractivity contribution in [3.63, 3.8) is 0 Å². The van der Waals surface area contributed by atoms with Crippen LogP contribution in [0.3, 0.4) is 0 Å². The minimum Gasteiger partial charge on any atom is -0.373 e. The van der Waals surface area contributed by atoms with Crippen molar-refractivity contribution in [3.05, 3.63) is 0 Å². The predicted octanol–water partition coefficient (Wildman–Crippen LogP) is 0.604. The van der Waals surface area contributed by atoms with Crippen molar-refractivity contribution in [1.29, 1.82) is 0 Å². The summed E-state index contributed by atoms with van der Waals surface area (Å²) in [5, 5.41) is 8.82. The summed E-state index contributed by atoms with van der Waals surface area (Å²) in [6.45, 7) is 1.88. The summed E-state index contributed by atoms with van der Waals surface area (Å²) < 4.78 is 0. The molecule has 1 N–H and O–H groups in total. The Balaban J connectivity index is 3.53. The Morgan fingerprint density at radius 3 is 2.50 bits per heavy atom. The second-order valence-electron chi connectivity index (χ2n) is 1.75. The molecule has 0 aliphatic carbocycles. The van der Waals surface area contributed by atoms with Gasteiger partial charge in [-0.3, -0.25) is 4.79 Å². The van der Waals surface area contributed by atoms with Crippen LogP contribution >= 0.6 is 12.6 Å². The van der Waals surface area contributed by atoms with Gasteiger partial charge in [-0.05, 0) is 6.42 Å². The number of rotatable bonds is 3. The van der Waals surface area contributed by atoms with E-state index in [1.165, 1.54) is 0 Å². The fourth-order valence-electron chi connectivity index (χ4n) is 0.427. The minimum atomic E-state index is -1.39. The number of carbonyl (C=O) groups is 1. The molecule has 0 saturated heterocycles. The first-order chi connectivity index (χ1) is 3.62. The SMILES string of the molecule is CCCC(O)(S)C=O. The normalized spacial score (nSPS) is 17.4. The zero-order valence-corrected chi connectivity index (χ0v) is 5.69. The van der Waals surface area contributed by atoms with Crippen molar-refractivity contribution < 1.29 is 9.90 Å². The van der Waals surface area contributed by atoms with Gasteiger partial charge in [0.2, 0.25) is 0 Å². The number of hydrogen-bond acceptors (Lipinski definition) is 3. The van der Waals surface area contributed by atoms with E-state index in [-0.39, 0.29) is 0 Å². The molecule has 48 valence electrons. The quantitative estimate of drug-likeness (QED) is 0.337. The van der Waals surface area contributed by atoms with Crippen LogP contribution in [0.4, 0.5) is 0 Å². The predicted molar refractivity (Wildman–Crippen MR) is 34.9 cm³/mol. The molecule has 8 heavy (non-hydrogen) atoms. The molecule has 2 nitrogen and oxygen atoms in total. The third kappa shape index (κ3) is 3.04. The summed E-state index contributed by atoms with van der Waals surface area (Å²) in [7, 11) is 0. The average molecular weight is 134 g/mol. The zero-order chi connectivity index (χ0) is 6.62. The molecule has 0 heterocycles. The fourth-order valence-corrected chi connectivity index (χ4v) is 0.650. The van der Waals surface area contributed by atoms with Crippen molar-refractivity contribution in [1.82, 2.24) is 0 Å². The summed E-state index contributed by atoms with van der Waals surface area (Å²) in [6, 6.07) is 0. The highest BCUT2D eigenvalue weighted by Gasteiger charge is 2.17. The molecule has 0 aromatic heterocycles. The first-order valence-corrected chi connectivity index (χ1v) is 2.98. The Labute approximate surface area is 54.3 Å². The van der Waals surface area contributed by atoms with Crippen LogP contribution in [0.1, 0.15) is 19.8 Å². The van der Waals surface area contributed by atoms with E-state index in [0.29, 0.717) is 12.7 Å². The molecule has 1 unspecified atom stereocenters. The van der Waals surface area contributed by atoms with E-state index in [2.05, 4.69) is 12.6 Å². The highest BCUT2D eigenvalue weighted by atomic mass is 32.1.